The Morgan fingerprint density at radius 2 is 1.58 bits per heavy atom. The molecule has 8 heteroatoms. The van der Waals surface area contributed by atoms with E-state index in [1.807, 2.05) is 18.2 Å². The summed E-state index contributed by atoms with van der Waals surface area (Å²) in [4.78, 5) is 11.4. The number of nitrogens with zero attached hydrogens (tertiary/aromatic N) is 1. The van der Waals surface area contributed by atoms with Gasteiger partial charge in [0, 0.05) is 14.3 Å². The number of carbonyl (C=O) groups is 1. The minimum Gasteiger partial charge on any atom is -0.480 e. The van der Waals surface area contributed by atoms with Crippen LogP contribution in [0.4, 0.5) is 5.69 Å². The molecule has 5 nitrogen and oxygen atoms in total. The van der Waals surface area contributed by atoms with Crippen LogP contribution in [0.3, 0.4) is 0 Å². The quantitative estimate of drug-likeness (QED) is 0.555. The van der Waals surface area contributed by atoms with Crippen molar-refractivity contribution in [2.45, 2.75) is 4.90 Å². The second-order valence-electron chi connectivity index (χ2n) is 5.51. The van der Waals surface area contributed by atoms with Crippen LogP contribution >= 0.6 is 31.9 Å². The lowest BCUT2D eigenvalue weighted by atomic mass is 10.1. The number of carboxylic acids is 1. The molecule has 1 N–H and O–H groups in total. The summed E-state index contributed by atoms with van der Waals surface area (Å²) < 4.78 is 28.5. The van der Waals surface area contributed by atoms with Crippen molar-refractivity contribution in [3.05, 3.63) is 69.6 Å². The van der Waals surface area contributed by atoms with Crippen LogP contribution in [0.1, 0.15) is 0 Å². The molecule has 0 fully saturated rings. The fraction of sp³-hybridized carbons (Fsp3) is 0.0556. The van der Waals surface area contributed by atoms with Gasteiger partial charge in [0.1, 0.15) is 6.54 Å². The Hall–Kier alpha value is -1.90. The van der Waals surface area contributed by atoms with Gasteiger partial charge in [-0.25, -0.2) is 8.42 Å². The van der Waals surface area contributed by atoms with Gasteiger partial charge in [-0.05, 0) is 29.7 Å². The second-order valence-corrected chi connectivity index (χ2v) is 9.20. The molecule has 0 heterocycles. The number of rotatable bonds is 5. The zero-order valence-electron chi connectivity index (χ0n) is 13.3. The van der Waals surface area contributed by atoms with E-state index in [0.717, 1.165) is 9.69 Å². The van der Waals surface area contributed by atoms with Crippen molar-refractivity contribution < 1.29 is 18.3 Å². The van der Waals surface area contributed by atoms with E-state index >= 15 is 0 Å². The summed E-state index contributed by atoms with van der Waals surface area (Å²) in [6.07, 6.45) is 0. The predicted octanol–water partition coefficient (Wildman–Crippen LogP) is 4.64. The van der Waals surface area contributed by atoms with Gasteiger partial charge < -0.3 is 5.11 Å². The minimum atomic E-state index is -4.09. The first-order chi connectivity index (χ1) is 12.3. The lowest BCUT2D eigenvalue weighted by molar-refractivity contribution is -0.135. The number of halogens is 2. The Morgan fingerprint density at radius 3 is 2.23 bits per heavy atom. The molecular weight excluding hydrogens is 486 g/mol. The van der Waals surface area contributed by atoms with Crippen molar-refractivity contribution in [1.82, 2.24) is 0 Å². The molecule has 0 aliphatic rings. The van der Waals surface area contributed by atoms with E-state index in [4.69, 9.17) is 0 Å². The Morgan fingerprint density at radius 1 is 0.962 bits per heavy atom. The standard InChI is InChI=1S/C18H13Br2NO4S/c19-13-8-14(20)10-15(9-13)26(24,25)21(11-18(22)23)17-7-3-5-12-4-1-2-6-16(12)17/h1-10H,11H2,(H,22,23). The number of fused-ring (bicyclic) bond motifs is 1. The van der Waals surface area contributed by atoms with Crippen LogP contribution in [0.15, 0.2) is 74.5 Å². The van der Waals surface area contributed by atoms with Crippen molar-refractivity contribution in [3.63, 3.8) is 0 Å². The van der Waals surface area contributed by atoms with E-state index in [-0.39, 0.29) is 4.90 Å². The monoisotopic (exact) mass is 497 g/mol. The third-order valence-corrected chi connectivity index (χ3v) is 6.39. The summed E-state index contributed by atoms with van der Waals surface area (Å²) in [5, 5.41) is 10.8. The molecule has 0 aliphatic heterocycles. The molecule has 3 rings (SSSR count). The maximum atomic E-state index is 13.2. The predicted molar refractivity (Wildman–Crippen MR) is 108 cm³/mol. The van der Waals surface area contributed by atoms with E-state index < -0.39 is 22.5 Å². The van der Waals surface area contributed by atoms with Crippen LogP contribution in [0.5, 0.6) is 0 Å². The fourth-order valence-electron chi connectivity index (χ4n) is 2.65. The number of benzene rings is 3. The van der Waals surface area contributed by atoms with Gasteiger partial charge in [-0.1, -0.05) is 68.3 Å². The smallest absolute Gasteiger partial charge is 0.324 e. The van der Waals surface area contributed by atoms with Gasteiger partial charge in [0.15, 0.2) is 0 Å². The van der Waals surface area contributed by atoms with E-state index in [9.17, 15) is 18.3 Å². The van der Waals surface area contributed by atoms with Crippen molar-refractivity contribution in [3.8, 4) is 0 Å². The van der Waals surface area contributed by atoms with Gasteiger partial charge >= 0.3 is 5.97 Å². The molecule has 0 amide bonds. The molecule has 0 bridgehead atoms. The van der Waals surface area contributed by atoms with E-state index in [2.05, 4.69) is 31.9 Å². The highest BCUT2D eigenvalue weighted by atomic mass is 79.9. The normalized spacial score (nSPS) is 11.5. The van der Waals surface area contributed by atoms with Crippen molar-refractivity contribution in [2.24, 2.45) is 0 Å². The van der Waals surface area contributed by atoms with Crippen LogP contribution in [-0.2, 0) is 14.8 Å². The fourth-order valence-corrected chi connectivity index (χ4v) is 5.75. The largest absolute Gasteiger partial charge is 0.480 e. The van der Waals surface area contributed by atoms with Crippen molar-refractivity contribution >= 4 is 64.3 Å². The molecule has 0 atom stereocenters. The molecule has 0 spiro atoms. The topological polar surface area (TPSA) is 74.7 Å². The van der Waals surface area contributed by atoms with Crippen LogP contribution in [0, 0.1) is 0 Å². The SMILES string of the molecule is O=C(O)CN(c1cccc2ccccc12)S(=O)(=O)c1cc(Br)cc(Br)c1. The van der Waals surface area contributed by atoms with Crippen LogP contribution in [0.2, 0.25) is 0 Å². The molecule has 134 valence electrons. The average molecular weight is 499 g/mol. The van der Waals surface area contributed by atoms with E-state index in [0.29, 0.717) is 20.0 Å². The first-order valence-corrected chi connectivity index (χ1v) is 10.5. The van der Waals surface area contributed by atoms with Gasteiger partial charge in [0.2, 0.25) is 0 Å². The lowest BCUT2D eigenvalue weighted by Gasteiger charge is -2.24. The van der Waals surface area contributed by atoms with E-state index in [1.54, 1.807) is 30.3 Å². The van der Waals surface area contributed by atoms with Crippen LogP contribution < -0.4 is 4.31 Å². The molecule has 0 saturated carbocycles. The molecule has 0 unspecified atom stereocenters. The molecule has 0 aromatic heterocycles. The summed E-state index contributed by atoms with van der Waals surface area (Å²) in [6.45, 7) is -0.680. The Balaban J connectivity index is 2.24. The van der Waals surface area contributed by atoms with Crippen LogP contribution in [0.25, 0.3) is 10.8 Å². The Bertz CT molecular complexity index is 1070. The molecule has 0 saturated heterocycles. The van der Waals surface area contributed by atoms with Gasteiger partial charge in [-0.2, -0.15) is 0 Å². The zero-order chi connectivity index (χ0) is 18.9. The molecule has 3 aromatic rings. The van der Waals surface area contributed by atoms with Gasteiger partial charge in [-0.3, -0.25) is 9.10 Å². The summed E-state index contributed by atoms with van der Waals surface area (Å²) in [5.41, 5.74) is 0.321. The zero-order valence-corrected chi connectivity index (χ0v) is 17.3. The number of aliphatic carboxylic acids is 1. The van der Waals surface area contributed by atoms with Crippen LogP contribution in [-0.4, -0.2) is 26.0 Å². The van der Waals surface area contributed by atoms with Crippen molar-refractivity contribution in [2.75, 3.05) is 10.8 Å². The number of carboxylic acid groups (broad SMARTS) is 1. The second kappa shape index (κ2) is 7.38. The Kier molecular flexibility index (Phi) is 5.36. The highest BCUT2D eigenvalue weighted by Crippen LogP contribution is 2.32. The summed E-state index contributed by atoms with van der Waals surface area (Å²) in [6, 6.07) is 17.0. The van der Waals surface area contributed by atoms with Gasteiger partial charge in [0.05, 0.1) is 10.6 Å². The molecular formula is C18H13Br2NO4S. The maximum absolute atomic E-state index is 13.2. The third kappa shape index (κ3) is 3.77. The first kappa shape index (κ1) is 18.9. The number of hydrogen-bond donors (Lipinski definition) is 1. The Labute approximate surface area is 167 Å². The summed E-state index contributed by atoms with van der Waals surface area (Å²) in [5.74, 6) is -1.24. The number of sulfonamides is 1. The average Bonchev–Trinajstić information content (AvgIpc) is 2.58. The number of hydrogen-bond acceptors (Lipinski definition) is 3. The molecule has 0 aliphatic carbocycles. The summed E-state index contributed by atoms with van der Waals surface area (Å²) in [7, 11) is -4.09. The highest BCUT2D eigenvalue weighted by molar-refractivity contribution is 9.11. The first-order valence-electron chi connectivity index (χ1n) is 7.47. The summed E-state index contributed by atoms with van der Waals surface area (Å²) >= 11 is 6.54. The minimum absolute atomic E-state index is 0.00654. The van der Waals surface area contributed by atoms with E-state index in [1.165, 1.54) is 12.1 Å². The van der Waals surface area contributed by atoms with Gasteiger partial charge in [0.25, 0.3) is 10.0 Å². The third-order valence-electron chi connectivity index (χ3n) is 3.74. The highest BCUT2D eigenvalue weighted by Gasteiger charge is 2.28. The van der Waals surface area contributed by atoms with Gasteiger partial charge in [-0.15, -0.1) is 0 Å². The molecule has 3 aromatic carbocycles. The molecule has 0 radical (unpaired) electrons. The molecule has 26 heavy (non-hydrogen) atoms. The van der Waals surface area contributed by atoms with Crippen molar-refractivity contribution in [1.29, 1.82) is 0 Å². The maximum Gasteiger partial charge on any atom is 0.324 e. The lowest BCUT2D eigenvalue weighted by Crippen LogP contribution is -2.36. The number of anilines is 1.